The number of aromatic hydroxyl groups is 1. The summed E-state index contributed by atoms with van der Waals surface area (Å²) >= 11 is 0. The van der Waals surface area contributed by atoms with Crippen LogP contribution in [0.2, 0.25) is 0 Å². The fourth-order valence-electron chi connectivity index (χ4n) is 3.55. The number of aliphatic hydroxyl groups excluding tert-OH is 1. The number of fused-ring (bicyclic) bond motifs is 1. The van der Waals surface area contributed by atoms with Crippen molar-refractivity contribution in [3.63, 3.8) is 0 Å². The molecule has 0 spiro atoms. The van der Waals surface area contributed by atoms with E-state index in [1.54, 1.807) is 35.1 Å². The van der Waals surface area contributed by atoms with Crippen LogP contribution < -0.4 is 5.32 Å². The second kappa shape index (κ2) is 6.92. The molecule has 2 heterocycles. The summed E-state index contributed by atoms with van der Waals surface area (Å²) in [6.45, 7) is 0.315. The minimum atomic E-state index is -0.702. The lowest BCUT2D eigenvalue weighted by atomic mass is 10.1. The molecule has 1 aliphatic carbocycles. The smallest absolute Gasteiger partial charge is 0.163 e. The van der Waals surface area contributed by atoms with Gasteiger partial charge in [-0.1, -0.05) is 25.0 Å². The third-order valence-corrected chi connectivity index (χ3v) is 5.07. The van der Waals surface area contributed by atoms with Gasteiger partial charge in [0.05, 0.1) is 17.7 Å². The Labute approximate surface area is 151 Å². The van der Waals surface area contributed by atoms with Crippen LogP contribution in [0, 0.1) is 0 Å². The number of aliphatic hydroxyl groups is 1. The molecule has 1 unspecified atom stereocenters. The molecule has 2 aromatic heterocycles. The molecule has 0 radical (unpaired) electrons. The second-order valence-corrected chi connectivity index (χ2v) is 6.91. The molecule has 7 heteroatoms. The van der Waals surface area contributed by atoms with Gasteiger partial charge in [0.2, 0.25) is 0 Å². The maximum absolute atomic E-state index is 10.4. The molecule has 0 bridgehead atoms. The Bertz CT molecular complexity index is 900. The fourth-order valence-corrected chi connectivity index (χ4v) is 3.55. The van der Waals surface area contributed by atoms with E-state index in [4.69, 9.17) is 9.97 Å². The highest BCUT2D eigenvalue weighted by molar-refractivity contribution is 5.86. The van der Waals surface area contributed by atoms with E-state index in [1.807, 2.05) is 7.05 Å². The Hall–Kier alpha value is -2.67. The molecule has 1 aliphatic rings. The predicted molar refractivity (Wildman–Crippen MR) is 99.1 cm³/mol. The number of nitrogens with zero attached hydrogens (tertiary/aromatic N) is 4. The number of aryl methyl sites for hydroxylation is 1. The molecule has 3 N–H and O–H groups in total. The highest BCUT2D eigenvalue weighted by Gasteiger charge is 2.22. The maximum Gasteiger partial charge on any atom is 0.163 e. The second-order valence-electron chi connectivity index (χ2n) is 6.91. The van der Waals surface area contributed by atoms with Crippen molar-refractivity contribution in [3.05, 3.63) is 41.9 Å². The molecule has 26 heavy (non-hydrogen) atoms. The zero-order valence-corrected chi connectivity index (χ0v) is 14.8. The number of anilines is 1. The molecule has 3 aromatic rings. The van der Waals surface area contributed by atoms with Crippen molar-refractivity contribution in [3.8, 4) is 5.75 Å². The van der Waals surface area contributed by atoms with E-state index in [-0.39, 0.29) is 5.75 Å². The van der Waals surface area contributed by atoms with E-state index >= 15 is 0 Å². The first kappa shape index (κ1) is 16.8. The summed E-state index contributed by atoms with van der Waals surface area (Å²) in [5.41, 5.74) is 1.55. The summed E-state index contributed by atoms with van der Waals surface area (Å²) in [6, 6.07) is 6.57. The van der Waals surface area contributed by atoms with Gasteiger partial charge in [0.25, 0.3) is 0 Å². The van der Waals surface area contributed by atoms with Gasteiger partial charge in [-0.15, -0.1) is 0 Å². The lowest BCUT2D eigenvalue weighted by molar-refractivity contribution is 0.191. The average Bonchev–Trinajstić information content (AvgIpc) is 3.30. The van der Waals surface area contributed by atoms with Crippen LogP contribution in [0.25, 0.3) is 11.0 Å². The molecule has 1 atom stereocenters. The average molecular weight is 353 g/mol. The number of hydrogen-bond acceptors (Lipinski definition) is 6. The first-order chi connectivity index (χ1) is 12.6. The van der Waals surface area contributed by atoms with E-state index < -0.39 is 6.10 Å². The molecule has 0 aliphatic heterocycles. The minimum absolute atomic E-state index is 0.183. The van der Waals surface area contributed by atoms with Crippen molar-refractivity contribution in [2.45, 2.75) is 37.7 Å². The Balaban J connectivity index is 1.59. The third-order valence-electron chi connectivity index (χ3n) is 5.07. The quantitative estimate of drug-likeness (QED) is 0.653. The number of benzene rings is 1. The molecule has 1 aromatic carbocycles. The summed E-state index contributed by atoms with van der Waals surface area (Å²) < 4.78 is 1.76. The van der Waals surface area contributed by atoms with Crippen LogP contribution in [0.1, 0.15) is 49.1 Å². The van der Waals surface area contributed by atoms with Crippen LogP contribution in [0.15, 0.2) is 30.5 Å². The number of aromatic nitrogens is 4. The Morgan fingerprint density at radius 2 is 1.92 bits per heavy atom. The van der Waals surface area contributed by atoms with Crippen molar-refractivity contribution in [2.75, 3.05) is 11.9 Å². The zero-order valence-electron chi connectivity index (χ0n) is 14.8. The van der Waals surface area contributed by atoms with E-state index in [0.29, 0.717) is 18.3 Å². The van der Waals surface area contributed by atoms with Gasteiger partial charge >= 0.3 is 0 Å². The predicted octanol–water partition coefficient (Wildman–Crippen LogP) is 2.87. The zero-order chi connectivity index (χ0) is 18.1. The highest BCUT2D eigenvalue weighted by Crippen LogP contribution is 2.34. The van der Waals surface area contributed by atoms with Gasteiger partial charge in [-0.05, 0) is 30.5 Å². The lowest BCUT2D eigenvalue weighted by Crippen LogP contribution is -2.14. The largest absolute Gasteiger partial charge is 0.508 e. The van der Waals surface area contributed by atoms with Gasteiger partial charge in [-0.25, -0.2) is 9.97 Å². The molecule has 136 valence electrons. The van der Waals surface area contributed by atoms with Crippen LogP contribution >= 0.6 is 0 Å². The molecule has 1 saturated carbocycles. The van der Waals surface area contributed by atoms with Crippen LogP contribution in [-0.2, 0) is 7.05 Å². The van der Waals surface area contributed by atoms with Crippen LogP contribution in [0.4, 0.5) is 5.82 Å². The highest BCUT2D eigenvalue weighted by atomic mass is 16.3. The van der Waals surface area contributed by atoms with E-state index in [0.717, 1.165) is 35.3 Å². The van der Waals surface area contributed by atoms with Gasteiger partial charge in [-0.3, -0.25) is 4.68 Å². The van der Waals surface area contributed by atoms with Crippen molar-refractivity contribution in [1.82, 2.24) is 19.7 Å². The first-order valence-corrected chi connectivity index (χ1v) is 9.02. The van der Waals surface area contributed by atoms with E-state index in [9.17, 15) is 10.2 Å². The van der Waals surface area contributed by atoms with Crippen molar-refractivity contribution >= 4 is 16.9 Å². The summed E-state index contributed by atoms with van der Waals surface area (Å²) in [4.78, 5) is 9.48. The number of nitrogens with one attached hydrogen (secondary N) is 1. The normalized spacial score (nSPS) is 16.2. The maximum atomic E-state index is 10.4. The van der Waals surface area contributed by atoms with E-state index in [2.05, 4.69) is 10.4 Å². The Morgan fingerprint density at radius 1 is 1.19 bits per heavy atom. The van der Waals surface area contributed by atoms with Gasteiger partial charge in [0.1, 0.15) is 17.4 Å². The monoisotopic (exact) mass is 353 g/mol. The van der Waals surface area contributed by atoms with Crippen LogP contribution in [0.3, 0.4) is 0 Å². The number of hydrogen-bond donors (Lipinski definition) is 3. The summed E-state index contributed by atoms with van der Waals surface area (Å²) in [5, 5.41) is 28.2. The molecular weight excluding hydrogens is 330 g/mol. The minimum Gasteiger partial charge on any atom is -0.508 e. The molecule has 0 saturated heterocycles. The van der Waals surface area contributed by atoms with Gasteiger partial charge in [0.15, 0.2) is 5.65 Å². The standard InChI is InChI=1S/C19H23N5O2/c1-24-19-15(10-21-24)18(22-17(23-19)13-4-2-3-5-13)20-11-16(26)12-6-8-14(25)9-7-12/h6-10,13,16,25-26H,2-5,11H2,1H3,(H,20,22,23). The van der Waals surface area contributed by atoms with Gasteiger partial charge in [0, 0.05) is 19.5 Å². The van der Waals surface area contributed by atoms with E-state index in [1.165, 1.54) is 12.8 Å². The SMILES string of the molecule is Cn1ncc2c(NCC(O)c3ccc(O)cc3)nc(C3CCCC3)nc21. The number of phenolic OH excluding ortho intramolecular Hbond substituents is 1. The molecule has 0 amide bonds. The van der Waals surface area contributed by atoms with Gasteiger partial charge < -0.3 is 15.5 Å². The summed E-state index contributed by atoms with van der Waals surface area (Å²) in [5.74, 6) is 2.16. The van der Waals surface area contributed by atoms with Crippen molar-refractivity contribution in [2.24, 2.45) is 7.05 Å². The topological polar surface area (TPSA) is 96.1 Å². The number of rotatable bonds is 5. The third kappa shape index (κ3) is 3.22. The fraction of sp³-hybridized carbons (Fsp3) is 0.421. The Morgan fingerprint density at radius 3 is 2.65 bits per heavy atom. The molecule has 1 fully saturated rings. The Kier molecular flexibility index (Phi) is 4.46. The van der Waals surface area contributed by atoms with Crippen molar-refractivity contribution in [1.29, 1.82) is 0 Å². The summed E-state index contributed by atoms with van der Waals surface area (Å²) in [7, 11) is 1.88. The first-order valence-electron chi connectivity index (χ1n) is 9.02. The van der Waals surface area contributed by atoms with Gasteiger partial charge in [-0.2, -0.15) is 5.10 Å². The number of phenols is 1. The molecular formula is C19H23N5O2. The summed E-state index contributed by atoms with van der Waals surface area (Å²) in [6.07, 6.45) is 5.74. The lowest BCUT2D eigenvalue weighted by Gasteiger charge is -2.15. The molecule has 4 rings (SSSR count). The van der Waals surface area contributed by atoms with Crippen molar-refractivity contribution < 1.29 is 10.2 Å². The molecule has 7 nitrogen and oxygen atoms in total. The van der Waals surface area contributed by atoms with Crippen LogP contribution in [-0.4, -0.2) is 36.5 Å². The van der Waals surface area contributed by atoms with Crippen LogP contribution in [0.5, 0.6) is 5.75 Å².